The molecule has 0 bridgehead atoms. The van der Waals surface area contributed by atoms with Crippen LogP contribution in [0.4, 0.5) is 0 Å². The number of aromatic amines is 1. The highest BCUT2D eigenvalue weighted by molar-refractivity contribution is 7.46. The number of rotatable bonds is 6. The van der Waals surface area contributed by atoms with Gasteiger partial charge < -0.3 is 24.0 Å². The third kappa shape index (κ3) is 4.01. The van der Waals surface area contributed by atoms with Gasteiger partial charge in [-0.05, 0) is 6.92 Å². The van der Waals surface area contributed by atoms with Crippen LogP contribution >= 0.6 is 7.82 Å². The fourth-order valence-electron chi connectivity index (χ4n) is 2.69. The van der Waals surface area contributed by atoms with E-state index in [1.54, 1.807) is 0 Å². The Morgan fingerprint density at radius 2 is 1.92 bits per heavy atom. The van der Waals surface area contributed by atoms with Gasteiger partial charge in [-0.25, -0.2) is 9.36 Å². The maximum atomic E-state index is 12.0. The number of phosphoric acid groups is 1. The zero-order chi connectivity index (χ0) is 18.1. The quantitative estimate of drug-likeness (QED) is 0.537. The first-order chi connectivity index (χ1) is 11.2. The molecule has 5 atom stereocenters. The second-order valence-electron chi connectivity index (χ2n) is 5.21. The van der Waals surface area contributed by atoms with Crippen molar-refractivity contribution in [2.24, 2.45) is 0 Å². The highest BCUT2D eigenvalue weighted by Gasteiger charge is 2.50. The number of hydrogen-bond donors (Lipinski definition) is 3. The van der Waals surface area contributed by atoms with Gasteiger partial charge in [-0.1, -0.05) is 0 Å². The molecular weight excluding hydrogens is 347 g/mol. The minimum Gasteiger partial charge on any atom is -0.376 e. The molecule has 2 heterocycles. The molecule has 1 aromatic heterocycles. The topological polar surface area (TPSA) is 149 Å². The van der Waals surface area contributed by atoms with Gasteiger partial charge in [0.15, 0.2) is 6.23 Å². The number of methoxy groups -OCH3 is 2. The van der Waals surface area contributed by atoms with Crippen molar-refractivity contribution in [1.82, 2.24) is 9.55 Å². The standard InChI is InChI=1S/C12H19N2O9P/c1-6(23-24(17,18)19)8-9(20-2)10(21-3)11(22-8)14-5-4-7(15)13-12(14)16/h4-6,8-11H,1-3H3,(H,13,15,16)(H2,17,18,19)/t6-,8+,9?,10?,11+/m0/s1. The summed E-state index contributed by atoms with van der Waals surface area (Å²) < 4.78 is 33.1. The van der Waals surface area contributed by atoms with Gasteiger partial charge in [-0.3, -0.25) is 18.9 Å². The van der Waals surface area contributed by atoms with Gasteiger partial charge in [-0.2, -0.15) is 0 Å². The lowest BCUT2D eigenvalue weighted by molar-refractivity contribution is -0.0832. The van der Waals surface area contributed by atoms with E-state index in [0.29, 0.717) is 0 Å². The number of phosphoric ester groups is 1. The first-order valence-corrected chi connectivity index (χ1v) is 8.47. The Morgan fingerprint density at radius 1 is 1.29 bits per heavy atom. The zero-order valence-corrected chi connectivity index (χ0v) is 14.1. The summed E-state index contributed by atoms with van der Waals surface area (Å²) in [7, 11) is -1.99. The Balaban J connectivity index is 2.35. The van der Waals surface area contributed by atoms with Crippen LogP contribution in [0.5, 0.6) is 0 Å². The first kappa shape index (κ1) is 19.0. The molecule has 1 saturated heterocycles. The molecule has 0 aromatic carbocycles. The molecular formula is C12H19N2O9P. The van der Waals surface area contributed by atoms with Gasteiger partial charge in [-0.15, -0.1) is 0 Å². The van der Waals surface area contributed by atoms with Crippen molar-refractivity contribution in [2.45, 2.75) is 37.6 Å². The Bertz CT molecular complexity index is 726. The zero-order valence-electron chi connectivity index (χ0n) is 13.2. The van der Waals surface area contributed by atoms with E-state index in [0.717, 1.165) is 10.6 Å². The van der Waals surface area contributed by atoms with E-state index in [1.165, 1.54) is 27.3 Å². The van der Waals surface area contributed by atoms with Crippen molar-refractivity contribution in [2.75, 3.05) is 14.2 Å². The molecule has 1 aromatic rings. The maximum Gasteiger partial charge on any atom is 0.469 e. The molecule has 24 heavy (non-hydrogen) atoms. The maximum absolute atomic E-state index is 12.0. The molecule has 0 saturated carbocycles. The Morgan fingerprint density at radius 3 is 2.42 bits per heavy atom. The van der Waals surface area contributed by atoms with Crippen molar-refractivity contribution in [1.29, 1.82) is 0 Å². The van der Waals surface area contributed by atoms with Crippen LogP contribution in [0.15, 0.2) is 21.9 Å². The van der Waals surface area contributed by atoms with Crippen LogP contribution in [0.1, 0.15) is 13.2 Å². The SMILES string of the molecule is COC1C(OC)[C@@H]([C@H](C)OP(=O)(O)O)O[C@H]1n1ccc(=O)[nH]c1=O. The van der Waals surface area contributed by atoms with Crippen LogP contribution in [-0.4, -0.2) is 58.0 Å². The number of H-pyrrole nitrogens is 1. The summed E-state index contributed by atoms with van der Waals surface area (Å²) >= 11 is 0. The molecule has 1 aliphatic heterocycles. The summed E-state index contributed by atoms with van der Waals surface area (Å²) in [6.45, 7) is 1.40. The van der Waals surface area contributed by atoms with Crippen molar-refractivity contribution < 1.29 is 33.1 Å². The Kier molecular flexibility index (Phi) is 5.76. The lowest BCUT2D eigenvalue weighted by atomic mass is 10.1. The van der Waals surface area contributed by atoms with Crippen LogP contribution in [0.2, 0.25) is 0 Å². The molecule has 12 heteroatoms. The van der Waals surface area contributed by atoms with E-state index in [2.05, 4.69) is 9.51 Å². The summed E-state index contributed by atoms with van der Waals surface area (Å²) in [5.41, 5.74) is -1.28. The predicted molar refractivity (Wildman–Crippen MR) is 79.4 cm³/mol. The number of nitrogens with zero attached hydrogens (tertiary/aromatic N) is 1. The molecule has 1 aliphatic rings. The molecule has 0 spiro atoms. The van der Waals surface area contributed by atoms with Gasteiger partial charge in [0.25, 0.3) is 5.56 Å². The van der Waals surface area contributed by atoms with Crippen molar-refractivity contribution in [3.63, 3.8) is 0 Å². The van der Waals surface area contributed by atoms with Gasteiger partial charge in [0, 0.05) is 26.5 Å². The number of hydrogen-bond acceptors (Lipinski definition) is 7. The van der Waals surface area contributed by atoms with Crippen molar-refractivity contribution >= 4 is 7.82 Å². The van der Waals surface area contributed by atoms with Crippen LogP contribution in [0, 0.1) is 0 Å². The molecule has 2 rings (SSSR count). The van der Waals surface area contributed by atoms with E-state index in [-0.39, 0.29) is 0 Å². The fraction of sp³-hybridized carbons (Fsp3) is 0.667. The van der Waals surface area contributed by atoms with E-state index < -0.39 is 49.7 Å². The summed E-state index contributed by atoms with van der Waals surface area (Å²) in [6, 6.07) is 1.14. The molecule has 2 unspecified atom stereocenters. The van der Waals surface area contributed by atoms with Crippen LogP contribution in [-0.2, 0) is 23.3 Å². The monoisotopic (exact) mass is 366 g/mol. The van der Waals surface area contributed by atoms with E-state index in [1.807, 2.05) is 0 Å². The van der Waals surface area contributed by atoms with Gasteiger partial charge in [0.2, 0.25) is 0 Å². The summed E-state index contributed by atoms with van der Waals surface area (Å²) in [5, 5.41) is 0. The highest BCUT2D eigenvalue weighted by Crippen LogP contribution is 2.42. The third-order valence-electron chi connectivity index (χ3n) is 3.66. The summed E-state index contributed by atoms with van der Waals surface area (Å²) in [6.07, 6.45) is -3.24. The minimum absolute atomic E-state index is 0.568. The normalized spacial score (nSPS) is 28.9. The minimum atomic E-state index is -4.74. The number of ether oxygens (including phenoxy) is 3. The van der Waals surface area contributed by atoms with E-state index in [4.69, 9.17) is 24.0 Å². The smallest absolute Gasteiger partial charge is 0.376 e. The molecule has 11 nitrogen and oxygen atoms in total. The Hall–Kier alpha value is -1.33. The van der Waals surface area contributed by atoms with E-state index >= 15 is 0 Å². The van der Waals surface area contributed by atoms with Gasteiger partial charge >= 0.3 is 13.5 Å². The second-order valence-corrected chi connectivity index (χ2v) is 6.40. The molecule has 3 N–H and O–H groups in total. The third-order valence-corrected chi connectivity index (χ3v) is 4.27. The van der Waals surface area contributed by atoms with Crippen molar-refractivity contribution in [3.05, 3.63) is 33.1 Å². The lowest BCUT2D eigenvalue weighted by Crippen LogP contribution is -2.41. The Labute approximate surface area is 136 Å². The van der Waals surface area contributed by atoms with E-state index in [9.17, 15) is 14.2 Å². The van der Waals surface area contributed by atoms with Gasteiger partial charge in [0.1, 0.15) is 18.3 Å². The molecule has 136 valence electrons. The fourth-order valence-corrected chi connectivity index (χ4v) is 3.24. The molecule has 0 radical (unpaired) electrons. The largest absolute Gasteiger partial charge is 0.469 e. The number of aromatic nitrogens is 2. The lowest BCUT2D eigenvalue weighted by Gasteiger charge is -2.25. The summed E-state index contributed by atoms with van der Waals surface area (Å²) in [4.78, 5) is 43.2. The van der Waals surface area contributed by atoms with Crippen molar-refractivity contribution in [3.8, 4) is 0 Å². The van der Waals surface area contributed by atoms with Gasteiger partial charge in [0.05, 0.1) is 6.10 Å². The summed E-state index contributed by atoms with van der Waals surface area (Å²) in [5.74, 6) is 0. The molecule has 1 fully saturated rings. The van der Waals surface area contributed by atoms with Crippen LogP contribution in [0.25, 0.3) is 0 Å². The molecule has 0 amide bonds. The average Bonchev–Trinajstić information content (AvgIpc) is 2.83. The number of nitrogens with one attached hydrogen (secondary N) is 1. The van der Waals surface area contributed by atoms with Crippen LogP contribution in [0.3, 0.4) is 0 Å². The second kappa shape index (κ2) is 7.28. The predicted octanol–water partition coefficient (Wildman–Crippen LogP) is -1.04. The first-order valence-electron chi connectivity index (χ1n) is 6.94. The highest BCUT2D eigenvalue weighted by atomic mass is 31.2. The molecule has 0 aliphatic carbocycles. The van der Waals surface area contributed by atoms with Crippen LogP contribution < -0.4 is 11.2 Å². The average molecular weight is 366 g/mol.